The maximum atomic E-state index is 10.8. The van der Waals surface area contributed by atoms with Gasteiger partial charge in [-0.15, -0.1) is 0 Å². The van der Waals surface area contributed by atoms with E-state index in [1.165, 1.54) is 7.11 Å². The Morgan fingerprint density at radius 2 is 1.94 bits per heavy atom. The van der Waals surface area contributed by atoms with E-state index >= 15 is 0 Å². The number of amides is 1. The van der Waals surface area contributed by atoms with Crippen LogP contribution in [0.2, 0.25) is 0 Å². The van der Waals surface area contributed by atoms with Gasteiger partial charge in [0.25, 0.3) is 0 Å². The molecule has 0 heterocycles. The number of ether oxygens (including phenoxy) is 1. The molecule has 1 amide bonds. The van der Waals surface area contributed by atoms with Crippen molar-refractivity contribution in [2.24, 2.45) is 5.73 Å². The van der Waals surface area contributed by atoms with Crippen LogP contribution in [-0.2, 0) is 14.3 Å². The van der Waals surface area contributed by atoms with E-state index in [0.717, 1.165) is 19.1 Å². The van der Waals surface area contributed by atoms with Crippen LogP contribution in [0, 0.1) is 0 Å². The fraction of sp³-hybridized carbons (Fsp3) is 0.500. The number of nitrogens with two attached hydrogens (primary N) is 1. The monoisotopic (exact) mass is 243 g/mol. The average molecular weight is 243 g/mol. The SMILES string of the molecule is C=C(C)C(N)=O.CCCCC(=CO)C(=O)OC. The molecule has 0 aromatic carbocycles. The zero-order valence-electron chi connectivity index (χ0n) is 10.7. The number of carbonyl (C=O) groups is 2. The maximum absolute atomic E-state index is 10.8. The van der Waals surface area contributed by atoms with Crippen LogP contribution in [0.25, 0.3) is 0 Å². The van der Waals surface area contributed by atoms with Gasteiger partial charge in [0, 0.05) is 5.57 Å². The highest BCUT2D eigenvalue weighted by atomic mass is 16.5. The van der Waals surface area contributed by atoms with Gasteiger partial charge in [-0.2, -0.15) is 0 Å². The molecular formula is C12H21NO4. The first-order valence-corrected chi connectivity index (χ1v) is 5.27. The second-order valence-corrected chi connectivity index (χ2v) is 3.39. The quantitative estimate of drug-likeness (QED) is 0.438. The van der Waals surface area contributed by atoms with Crippen LogP contribution in [0.1, 0.15) is 33.1 Å². The lowest BCUT2D eigenvalue weighted by molar-refractivity contribution is -0.136. The molecule has 0 bridgehead atoms. The number of hydrogen-bond acceptors (Lipinski definition) is 4. The zero-order valence-corrected chi connectivity index (χ0v) is 10.7. The maximum Gasteiger partial charge on any atom is 0.336 e. The summed E-state index contributed by atoms with van der Waals surface area (Å²) in [5.74, 6) is -0.879. The van der Waals surface area contributed by atoms with Crippen LogP contribution in [-0.4, -0.2) is 24.1 Å². The molecule has 3 N–H and O–H groups in total. The van der Waals surface area contributed by atoms with Crippen molar-refractivity contribution in [2.75, 3.05) is 7.11 Å². The molecule has 0 aliphatic carbocycles. The van der Waals surface area contributed by atoms with Crippen LogP contribution >= 0.6 is 0 Å². The summed E-state index contributed by atoms with van der Waals surface area (Å²) in [5.41, 5.74) is 5.44. The predicted molar refractivity (Wildman–Crippen MR) is 66.3 cm³/mol. The third-order valence-electron chi connectivity index (χ3n) is 1.82. The average Bonchev–Trinajstić information content (AvgIpc) is 2.30. The van der Waals surface area contributed by atoms with E-state index in [1.807, 2.05) is 6.92 Å². The molecule has 0 atom stereocenters. The third kappa shape index (κ3) is 10.5. The molecule has 0 saturated carbocycles. The Bertz CT molecular complexity index is 283. The molecule has 0 aromatic heterocycles. The van der Waals surface area contributed by atoms with Crippen LogP contribution < -0.4 is 5.73 Å². The van der Waals surface area contributed by atoms with Crippen LogP contribution in [0.3, 0.4) is 0 Å². The Kier molecular flexibility index (Phi) is 11.1. The molecule has 0 fully saturated rings. The smallest absolute Gasteiger partial charge is 0.336 e. The minimum Gasteiger partial charge on any atom is -0.515 e. The summed E-state index contributed by atoms with van der Waals surface area (Å²) in [7, 11) is 1.30. The van der Waals surface area contributed by atoms with E-state index in [1.54, 1.807) is 6.92 Å². The molecule has 5 heteroatoms. The van der Waals surface area contributed by atoms with Crippen molar-refractivity contribution in [1.29, 1.82) is 0 Å². The number of rotatable bonds is 5. The Hall–Kier alpha value is -1.78. The standard InChI is InChI=1S/C8H14O3.C4H7NO/c1-3-4-5-7(6-9)8(10)11-2;1-3(2)4(5)6/h6,9H,3-5H2,1-2H3;1H2,2H3,(H2,5,6). The van der Waals surface area contributed by atoms with Gasteiger partial charge in [0.15, 0.2) is 0 Å². The molecule has 0 unspecified atom stereocenters. The number of aliphatic hydroxyl groups excluding tert-OH is 1. The topological polar surface area (TPSA) is 89.6 Å². The van der Waals surface area contributed by atoms with Crippen molar-refractivity contribution in [3.05, 3.63) is 24.0 Å². The van der Waals surface area contributed by atoms with Gasteiger partial charge in [0.05, 0.1) is 18.9 Å². The first-order chi connectivity index (χ1) is 7.90. The largest absolute Gasteiger partial charge is 0.515 e. The second kappa shape index (κ2) is 10.7. The number of hydrogen-bond donors (Lipinski definition) is 2. The summed E-state index contributed by atoms with van der Waals surface area (Å²) < 4.78 is 4.43. The summed E-state index contributed by atoms with van der Waals surface area (Å²) >= 11 is 0. The van der Waals surface area contributed by atoms with Crippen molar-refractivity contribution in [3.63, 3.8) is 0 Å². The molecule has 0 aliphatic heterocycles. The summed E-state index contributed by atoms with van der Waals surface area (Å²) in [6, 6.07) is 0. The van der Waals surface area contributed by atoms with Gasteiger partial charge in [0.2, 0.25) is 5.91 Å². The van der Waals surface area contributed by atoms with E-state index < -0.39 is 11.9 Å². The molecule has 0 aromatic rings. The van der Waals surface area contributed by atoms with Crippen molar-refractivity contribution in [2.45, 2.75) is 33.1 Å². The van der Waals surface area contributed by atoms with E-state index in [-0.39, 0.29) is 0 Å². The molecule has 5 nitrogen and oxygen atoms in total. The van der Waals surface area contributed by atoms with Gasteiger partial charge in [-0.1, -0.05) is 19.9 Å². The number of carbonyl (C=O) groups excluding carboxylic acids is 2. The lowest BCUT2D eigenvalue weighted by atomic mass is 10.1. The summed E-state index contributed by atoms with van der Waals surface area (Å²) in [6.07, 6.45) is 3.29. The molecule has 0 rings (SSSR count). The van der Waals surface area contributed by atoms with Crippen LogP contribution in [0.4, 0.5) is 0 Å². The van der Waals surface area contributed by atoms with Gasteiger partial charge in [-0.3, -0.25) is 4.79 Å². The number of esters is 1. The zero-order chi connectivity index (χ0) is 13.8. The highest BCUT2D eigenvalue weighted by Crippen LogP contribution is 2.07. The van der Waals surface area contributed by atoms with Crippen LogP contribution in [0.15, 0.2) is 24.0 Å². The summed E-state index contributed by atoms with van der Waals surface area (Å²) in [6.45, 7) is 6.87. The van der Waals surface area contributed by atoms with Gasteiger partial charge in [-0.05, 0) is 19.8 Å². The van der Waals surface area contributed by atoms with Gasteiger partial charge >= 0.3 is 5.97 Å². The Labute approximate surface area is 102 Å². The minimum atomic E-state index is -0.444. The number of unbranched alkanes of at least 4 members (excludes halogenated alkanes) is 1. The summed E-state index contributed by atoms with van der Waals surface area (Å²) in [5, 5.41) is 8.59. The highest BCUT2D eigenvalue weighted by molar-refractivity contribution is 5.90. The fourth-order valence-corrected chi connectivity index (χ4v) is 0.718. The fourth-order valence-electron chi connectivity index (χ4n) is 0.718. The van der Waals surface area contributed by atoms with Crippen molar-refractivity contribution < 1.29 is 19.4 Å². The number of primary amides is 1. The van der Waals surface area contributed by atoms with E-state index in [9.17, 15) is 9.59 Å². The third-order valence-corrected chi connectivity index (χ3v) is 1.82. The molecule has 0 aliphatic rings. The molecule has 0 radical (unpaired) electrons. The number of methoxy groups -OCH3 is 1. The first kappa shape index (κ1) is 17.6. The van der Waals surface area contributed by atoms with Crippen LogP contribution in [0.5, 0.6) is 0 Å². The molecule has 0 spiro atoms. The predicted octanol–water partition coefficient (Wildman–Crippen LogP) is 1.84. The van der Waals surface area contributed by atoms with E-state index in [2.05, 4.69) is 11.3 Å². The van der Waals surface area contributed by atoms with E-state index in [4.69, 9.17) is 10.8 Å². The van der Waals surface area contributed by atoms with Gasteiger partial charge < -0.3 is 15.6 Å². The normalized spacial score (nSPS) is 9.94. The lowest BCUT2D eigenvalue weighted by Gasteiger charge is -2.01. The minimum absolute atomic E-state index is 0.342. The van der Waals surface area contributed by atoms with Crippen molar-refractivity contribution >= 4 is 11.9 Å². The first-order valence-electron chi connectivity index (χ1n) is 5.27. The molecule has 98 valence electrons. The van der Waals surface area contributed by atoms with Gasteiger partial charge in [-0.25, -0.2) is 4.79 Å². The molecule has 0 saturated heterocycles. The van der Waals surface area contributed by atoms with Crippen molar-refractivity contribution in [3.8, 4) is 0 Å². The second-order valence-electron chi connectivity index (χ2n) is 3.39. The van der Waals surface area contributed by atoms with E-state index in [0.29, 0.717) is 17.6 Å². The highest BCUT2D eigenvalue weighted by Gasteiger charge is 2.07. The summed E-state index contributed by atoms with van der Waals surface area (Å²) in [4.78, 5) is 20.6. The molecular weight excluding hydrogens is 222 g/mol. The van der Waals surface area contributed by atoms with Gasteiger partial charge in [0.1, 0.15) is 0 Å². The Morgan fingerprint density at radius 1 is 1.47 bits per heavy atom. The Morgan fingerprint density at radius 3 is 2.18 bits per heavy atom. The van der Waals surface area contributed by atoms with Crippen molar-refractivity contribution in [1.82, 2.24) is 0 Å². The Balaban J connectivity index is 0. The number of aliphatic hydroxyl groups is 1. The molecule has 17 heavy (non-hydrogen) atoms. The lowest BCUT2D eigenvalue weighted by Crippen LogP contribution is -2.10.